The molecule has 1 saturated heterocycles. The molecule has 0 bridgehead atoms. The summed E-state index contributed by atoms with van der Waals surface area (Å²) in [5, 5.41) is 12.1. The predicted octanol–water partition coefficient (Wildman–Crippen LogP) is 10.7. The maximum Gasteiger partial charge on any atom is 0.501 e. The van der Waals surface area contributed by atoms with Crippen molar-refractivity contribution in [3.63, 3.8) is 0 Å². The number of piperidine rings is 1. The predicted molar refractivity (Wildman–Crippen MR) is 229 cm³/mol. The van der Waals surface area contributed by atoms with Gasteiger partial charge in [0.1, 0.15) is 5.75 Å². The molecule has 1 fully saturated rings. The Hall–Kier alpha value is -4.14. The van der Waals surface area contributed by atoms with E-state index in [1.54, 1.807) is 12.1 Å². The van der Waals surface area contributed by atoms with Crippen molar-refractivity contribution >= 4 is 54.5 Å². The minimum absolute atomic E-state index is 0.00266. The molecule has 14 heteroatoms. The number of rotatable bonds is 16. The number of thioether (sulfide) groups is 1. The fraction of sp³-hybridized carbons (Fsp3) is 0.311. The van der Waals surface area contributed by atoms with Gasteiger partial charge in [-0.05, 0) is 120 Å². The molecule has 0 amide bonds. The van der Waals surface area contributed by atoms with E-state index in [0.717, 1.165) is 39.4 Å². The molecule has 0 radical (unpaired) electrons. The Labute approximate surface area is 353 Å². The van der Waals surface area contributed by atoms with Crippen LogP contribution in [0, 0.1) is 11.8 Å². The Kier molecular flexibility index (Phi) is 14.3. The number of benzene rings is 5. The highest BCUT2D eigenvalue weighted by Crippen LogP contribution is 2.39. The number of carbonyl (C=O) groups excluding carboxylic acids is 1. The number of hydrogen-bond acceptors (Lipinski definition) is 8. The van der Waals surface area contributed by atoms with Crippen LogP contribution in [0.2, 0.25) is 5.02 Å². The molecule has 0 saturated carbocycles. The first-order chi connectivity index (χ1) is 28.1. The van der Waals surface area contributed by atoms with E-state index in [4.69, 9.17) is 11.6 Å². The van der Waals surface area contributed by atoms with Gasteiger partial charge in [-0.3, -0.25) is 4.79 Å². The normalized spacial score (nSPS) is 15.2. The summed E-state index contributed by atoms with van der Waals surface area (Å²) in [6.45, 7) is 3.20. The summed E-state index contributed by atoms with van der Waals surface area (Å²) < 4.78 is 94.7. The van der Waals surface area contributed by atoms with Gasteiger partial charge in [0.25, 0.3) is 9.84 Å². The van der Waals surface area contributed by atoms with Crippen LogP contribution in [0.5, 0.6) is 0 Å². The third-order valence-electron chi connectivity index (χ3n) is 10.7. The molecule has 59 heavy (non-hydrogen) atoms. The second-order valence-corrected chi connectivity index (χ2v) is 20.2. The number of ketones is 1. The third kappa shape index (κ3) is 10.8. The summed E-state index contributed by atoms with van der Waals surface area (Å²) in [7, 11) is -10.5. The lowest BCUT2D eigenvalue weighted by Crippen LogP contribution is -2.35. The van der Waals surface area contributed by atoms with Crippen molar-refractivity contribution in [2.75, 3.05) is 29.5 Å². The van der Waals surface area contributed by atoms with Crippen LogP contribution in [-0.2, 0) is 26.1 Å². The zero-order valence-electron chi connectivity index (χ0n) is 32.3. The molecule has 6 rings (SSSR count). The van der Waals surface area contributed by atoms with Gasteiger partial charge in [0.2, 0.25) is 0 Å². The summed E-state index contributed by atoms with van der Waals surface area (Å²) in [5.41, 5.74) is -2.17. The molecule has 1 aliphatic rings. The smallest absolute Gasteiger partial charge is 0.388 e. The number of carbonyl (C=O) groups is 1. The van der Waals surface area contributed by atoms with Crippen molar-refractivity contribution in [3.8, 4) is 11.1 Å². The van der Waals surface area contributed by atoms with Gasteiger partial charge in [-0.1, -0.05) is 85.6 Å². The number of aliphatic hydroxyl groups is 1. The van der Waals surface area contributed by atoms with Crippen LogP contribution in [0.15, 0.2) is 136 Å². The summed E-state index contributed by atoms with van der Waals surface area (Å²) in [5.74, 6) is -1.53. The summed E-state index contributed by atoms with van der Waals surface area (Å²) in [6.07, 6.45) is 2.02. The molecule has 1 aliphatic heterocycles. The van der Waals surface area contributed by atoms with Crippen LogP contribution >= 0.6 is 23.4 Å². The number of hydrogen-bond donors (Lipinski definition) is 1. The third-order valence-corrected chi connectivity index (χ3v) is 15.4. The van der Waals surface area contributed by atoms with E-state index in [1.165, 1.54) is 23.9 Å². The Morgan fingerprint density at radius 3 is 2.15 bits per heavy atom. The van der Waals surface area contributed by atoms with E-state index in [-0.39, 0.29) is 29.4 Å². The number of aliphatic hydroxyl groups excluding tert-OH is 1. The molecule has 1 heterocycles. The molecule has 5 aromatic carbocycles. The van der Waals surface area contributed by atoms with E-state index in [9.17, 15) is 39.9 Å². The number of nitrogens with zero attached hydrogens (tertiary/aromatic N) is 1. The zero-order valence-corrected chi connectivity index (χ0v) is 35.5. The molecule has 0 unspecified atom stereocenters. The van der Waals surface area contributed by atoms with Gasteiger partial charge < -0.3 is 10.0 Å². The first-order valence-electron chi connectivity index (χ1n) is 19.3. The maximum atomic E-state index is 14.0. The van der Waals surface area contributed by atoms with Crippen LogP contribution in [0.4, 0.5) is 18.9 Å². The molecular weight excluding hydrogens is 839 g/mol. The first kappa shape index (κ1) is 44.4. The Morgan fingerprint density at radius 2 is 1.51 bits per heavy atom. The first-order valence-corrected chi connectivity index (χ1v) is 23.8. The van der Waals surface area contributed by atoms with Gasteiger partial charge in [0.15, 0.2) is 15.6 Å². The van der Waals surface area contributed by atoms with Crippen molar-refractivity contribution in [1.82, 2.24) is 0 Å². The molecule has 5 aromatic rings. The fourth-order valence-corrected chi connectivity index (χ4v) is 11.1. The second kappa shape index (κ2) is 19.1. The van der Waals surface area contributed by atoms with Crippen LogP contribution in [0.25, 0.3) is 11.1 Å². The molecule has 7 nitrogen and oxygen atoms in total. The highest BCUT2D eigenvalue weighted by atomic mass is 35.5. The van der Waals surface area contributed by atoms with Crippen molar-refractivity contribution < 1.29 is 39.9 Å². The van der Waals surface area contributed by atoms with Crippen LogP contribution in [0.1, 0.15) is 60.2 Å². The second-order valence-electron chi connectivity index (χ2n) is 14.8. The van der Waals surface area contributed by atoms with E-state index >= 15 is 0 Å². The Balaban J connectivity index is 1.12. The highest BCUT2D eigenvalue weighted by Gasteiger charge is 2.48. The molecule has 312 valence electrons. The average molecular weight is 885 g/mol. The van der Waals surface area contributed by atoms with Crippen molar-refractivity contribution in [3.05, 3.63) is 143 Å². The minimum Gasteiger partial charge on any atom is -0.388 e. The van der Waals surface area contributed by atoms with Crippen molar-refractivity contribution in [2.24, 2.45) is 11.8 Å². The van der Waals surface area contributed by atoms with Gasteiger partial charge >= 0.3 is 5.51 Å². The van der Waals surface area contributed by atoms with Crippen LogP contribution < -0.4 is 4.90 Å². The van der Waals surface area contributed by atoms with Gasteiger partial charge in [0.05, 0.1) is 15.9 Å². The molecule has 0 aliphatic carbocycles. The lowest BCUT2D eigenvalue weighted by Gasteiger charge is -2.36. The Bertz CT molecular complexity index is 2440. The fourth-order valence-electron chi connectivity index (χ4n) is 7.54. The largest absolute Gasteiger partial charge is 0.501 e. The zero-order chi connectivity index (χ0) is 42.4. The standard InChI is InChI=1S/C45H45ClF3NO6S3/c1-2-8-31(29-57-38-9-4-3-5-10-38)27-35-17-22-39(28-43(35)59(55,56)45(47,48)49)58(53,54)30-42(51)33-15-20-37(21-16-33)50-25-23-34(24-26-50)44(52)41-12-7-6-11-40(41)32-13-18-36(46)19-14-32/h3-7,9-22,28,31,34,44,52H,2,8,23-27,29-30H2,1H3/t31-,44+/m0/s1. The molecule has 1 N–H and O–H groups in total. The van der Waals surface area contributed by atoms with Gasteiger partial charge in [-0.2, -0.15) is 13.2 Å². The molecular formula is C45H45ClF3NO6S3. The van der Waals surface area contributed by atoms with Gasteiger partial charge in [0, 0.05) is 40.0 Å². The van der Waals surface area contributed by atoms with Crippen molar-refractivity contribution in [1.29, 1.82) is 0 Å². The van der Waals surface area contributed by atoms with E-state index in [0.29, 0.717) is 55.6 Å². The summed E-state index contributed by atoms with van der Waals surface area (Å²) in [4.78, 5) is 14.6. The number of anilines is 1. The number of halogens is 4. The monoisotopic (exact) mass is 883 g/mol. The topological polar surface area (TPSA) is 109 Å². The number of Topliss-reactive ketones (excluding diaryl/α,β-unsaturated/α-hetero) is 1. The average Bonchev–Trinajstić information content (AvgIpc) is 3.23. The number of sulfone groups is 2. The van der Waals surface area contributed by atoms with Crippen molar-refractivity contribution in [2.45, 2.75) is 65.3 Å². The van der Waals surface area contributed by atoms with E-state index < -0.39 is 52.6 Å². The maximum absolute atomic E-state index is 14.0. The van der Waals surface area contributed by atoms with Gasteiger partial charge in [-0.25, -0.2) is 16.8 Å². The van der Waals surface area contributed by atoms with Gasteiger partial charge in [-0.15, -0.1) is 11.8 Å². The Morgan fingerprint density at radius 1 is 0.864 bits per heavy atom. The quantitative estimate of drug-likeness (QED) is 0.0771. The SMILES string of the molecule is CCC[C@H](CSc1ccccc1)Cc1ccc(S(=O)(=O)CC(=O)c2ccc(N3CCC([C@@H](O)c4ccccc4-c4ccc(Cl)cc4)CC3)cc2)cc1S(=O)(=O)C(F)(F)F. The molecule has 2 atom stereocenters. The van der Waals surface area contributed by atoms with E-state index in [2.05, 4.69) is 4.90 Å². The van der Waals surface area contributed by atoms with Crippen LogP contribution in [0.3, 0.4) is 0 Å². The molecule has 0 spiro atoms. The molecule has 0 aromatic heterocycles. The summed E-state index contributed by atoms with van der Waals surface area (Å²) in [6, 6.07) is 33.8. The minimum atomic E-state index is -5.93. The van der Waals surface area contributed by atoms with Crippen LogP contribution in [-0.4, -0.2) is 57.8 Å². The highest BCUT2D eigenvalue weighted by molar-refractivity contribution is 7.99. The summed E-state index contributed by atoms with van der Waals surface area (Å²) >= 11 is 7.60. The van der Waals surface area contributed by atoms with E-state index in [1.807, 2.05) is 85.8 Å². The lowest BCUT2D eigenvalue weighted by molar-refractivity contribution is -0.0436. The number of alkyl halides is 3. The lowest BCUT2D eigenvalue weighted by atomic mass is 9.84.